The Balaban J connectivity index is 0.00000288. The predicted molar refractivity (Wildman–Crippen MR) is 108 cm³/mol. The first kappa shape index (κ1) is 24.9. The van der Waals surface area contributed by atoms with Crippen LogP contribution < -0.4 is 11.1 Å². The van der Waals surface area contributed by atoms with Gasteiger partial charge in [0.15, 0.2) is 0 Å². The van der Waals surface area contributed by atoms with Gasteiger partial charge in [-0.25, -0.2) is 0 Å². The van der Waals surface area contributed by atoms with E-state index in [1.165, 1.54) is 19.3 Å². The standard InChI is InChI=1S/C18H35N3O2.2ClH/c1-4-15-6-5-9-21(12-15)17(2,3)14-20-16(22)18(13-19)7-10-23-11-8-18;;/h15H,4-14,19H2,1-3H3,(H,20,22);2*1H. The molecule has 3 N–H and O–H groups in total. The van der Waals surface area contributed by atoms with Crippen LogP contribution in [0.15, 0.2) is 0 Å². The van der Waals surface area contributed by atoms with Crippen LogP contribution >= 0.6 is 24.8 Å². The lowest BCUT2D eigenvalue weighted by Gasteiger charge is -2.44. The Kier molecular flexibility index (Phi) is 10.9. The van der Waals surface area contributed by atoms with Crippen molar-refractivity contribution in [1.29, 1.82) is 0 Å². The quantitative estimate of drug-likeness (QED) is 0.722. The van der Waals surface area contributed by atoms with Gasteiger partial charge < -0.3 is 15.8 Å². The maximum absolute atomic E-state index is 12.7. The number of carbonyl (C=O) groups excluding carboxylic acids is 1. The summed E-state index contributed by atoms with van der Waals surface area (Å²) >= 11 is 0. The number of nitrogens with zero attached hydrogens (tertiary/aromatic N) is 1. The summed E-state index contributed by atoms with van der Waals surface area (Å²) in [6.07, 6.45) is 5.32. The molecular formula is C18H37Cl2N3O2. The van der Waals surface area contributed by atoms with Crippen molar-refractivity contribution in [2.45, 2.75) is 58.4 Å². The Morgan fingerprint density at radius 2 is 1.96 bits per heavy atom. The molecule has 0 saturated carbocycles. The fourth-order valence-electron chi connectivity index (χ4n) is 3.83. The van der Waals surface area contributed by atoms with Gasteiger partial charge in [0.2, 0.25) is 5.91 Å². The lowest BCUT2D eigenvalue weighted by molar-refractivity contribution is -0.136. The Morgan fingerprint density at radius 1 is 1.32 bits per heavy atom. The number of likely N-dealkylation sites (tertiary alicyclic amines) is 1. The van der Waals surface area contributed by atoms with Crippen molar-refractivity contribution in [1.82, 2.24) is 10.2 Å². The number of hydrogen-bond donors (Lipinski definition) is 2. The first-order valence-electron chi connectivity index (χ1n) is 9.25. The molecule has 5 nitrogen and oxygen atoms in total. The van der Waals surface area contributed by atoms with Crippen molar-refractivity contribution in [3.05, 3.63) is 0 Å². The van der Waals surface area contributed by atoms with E-state index in [0.717, 1.165) is 31.8 Å². The molecule has 1 atom stereocenters. The van der Waals surface area contributed by atoms with Crippen molar-refractivity contribution in [3.8, 4) is 0 Å². The van der Waals surface area contributed by atoms with E-state index in [1.54, 1.807) is 0 Å². The number of amides is 1. The van der Waals surface area contributed by atoms with Crippen LogP contribution in [0.2, 0.25) is 0 Å². The number of nitrogens with two attached hydrogens (primary N) is 1. The van der Waals surface area contributed by atoms with E-state index in [0.29, 0.717) is 26.3 Å². The highest BCUT2D eigenvalue weighted by molar-refractivity contribution is 5.85. The molecule has 0 aromatic rings. The van der Waals surface area contributed by atoms with Crippen LogP contribution in [0.1, 0.15) is 52.9 Å². The summed E-state index contributed by atoms with van der Waals surface area (Å²) < 4.78 is 5.40. The minimum atomic E-state index is -0.428. The highest BCUT2D eigenvalue weighted by atomic mass is 35.5. The molecule has 1 unspecified atom stereocenters. The topological polar surface area (TPSA) is 67.6 Å². The molecule has 2 aliphatic heterocycles. The van der Waals surface area contributed by atoms with E-state index in [2.05, 4.69) is 31.0 Å². The molecule has 2 heterocycles. The summed E-state index contributed by atoms with van der Waals surface area (Å²) in [7, 11) is 0. The lowest BCUT2D eigenvalue weighted by Crippen LogP contribution is -2.57. The van der Waals surface area contributed by atoms with Crippen molar-refractivity contribution in [3.63, 3.8) is 0 Å². The average Bonchev–Trinajstić information content (AvgIpc) is 2.60. The van der Waals surface area contributed by atoms with Crippen LogP contribution in [-0.4, -0.2) is 55.7 Å². The molecule has 1 amide bonds. The second-order valence-electron chi connectivity index (χ2n) is 7.95. The molecule has 0 bridgehead atoms. The Bertz CT molecular complexity index is 402. The van der Waals surface area contributed by atoms with Crippen molar-refractivity contribution >= 4 is 30.7 Å². The van der Waals surface area contributed by atoms with Crippen LogP contribution in [0.3, 0.4) is 0 Å². The average molecular weight is 398 g/mol. The molecule has 0 aromatic carbocycles. The SMILES string of the molecule is CCC1CCCN(C(C)(C)CNC(=O)C2(CN)CCOCC2)C1.Cl.Cl. The Hall–Kier alpha value is -0.0700. The number of ether oxygens (including phenoxy) is 1. The third-order valence-electron chi connectivity index (χ3n) is 5.96. The van der Waals surface area contributed by atoms with E-state index in [-0.39, 0.29) is 36.3 Å². The summed E-state index contributed by atoms with van der Waals surface area (Å²) in [5.74, 6) is 0.907. The highest BCUT2D eigenvalue weighted by Gasteiger charge is 2.40. The largest absolute Gasteiger partial charge is 0.381 e. The molecular weight excluding hydrogens is 361 g/mol. The zero-order valence-electron chi connectivity index (χ0n) is 16.0. The molecule has 0 aliphatic carbocycles. The Labute approximate surface area is 165 Å². The normalized spacial score (nSPS) is 23.9. The molecule has 7 heteroatoms. The molecule has 0 aromatic heterocycles. The van der Waals surface area contributed by atoms with Crippen molar-refractivity contribution < 1.29 is 9.53 Å². The number of hydrogen-bond acceptors (Lipinski definition) is 4. The van der Waals surface area contributed by atoms with E-state index in [1.807, 2.05) is 0 Å². The first-order chi connectivity index (χ1) is 10.9. The van der Waals surface area contributed by atoms with E-state index >= 15 is 0 Å². The van der Waals surface area contributed by atoms with Gasteiger partial charge in [0.1, 0.15) is 0 Å². The molecule has 0 spiro atoms. The molecule has 2 saturated heterocycles. The molecule has 25 heavy (non-hydrogen) atoms. The second-order valence-corrected chi connectivity index (χ2v) is 7.95. The minimum Gasteiger partial charge on any atom is -0.381 e. The van der Waals surface area contributed by atoms with Crippen LogP contribution in [0.4, 0.5) is 0 Å². The first-order valence-corrected chi connectivity index (χ1v) is 9.25. The van der Waals surface area contributed by atoms with Crippen LogP contribution in [-0.2, 0) is 9.53 Å². The summed E-state index contributed by atoms with van der Waals surface area (Å²) in [5.41, 5.74) is 5.49. The zero-order chi connectivity index (χ0) is 16.9. The van der Waals surface area contributed by atoms with Gasteiger partial charge in [-0.3, -0.25) is 9.69 Å². The van der Waals surface area contributed by atoms with Gasteiger partial charge in [-0.05, 0) is 52.0 Å². The Morgan fingerprint density at radius 3 is 2.52 bits per heavy atom. The maximum Gasteiger partial charge on any atom is 0.227 e. The van der Waals surface area contributed by atoms with Gasteiger partial charge in [0, 0.05) is 38.4 Å². The highest BCUT2D eigenvalue weighted by Crippen LogP contribution is 2.30. The van der Waals surface area contributed by atoms with Gasteiger partial charge >= 0.3 is 0 Å². The smallest absolute Gasteiger partial charge is 0.227 e. The van der Waals surface area contributed by atoms with Gasteiger partial charge in [-0.15, -0.1) is 24.8 Å². The van der Waals surface area contributed by atoms with Gasteiger partial charge in [-0.1, -0.05) is 13.3 Å². The van der Waals surface area contributed by atoms with Gasteiger partial charge in [0.05, 0.1) is 5.41 Å². The van der Waals surface area contributed by atoms with E-state index in [9.17, 15) is 4.79 Å². The van der Waals surface area contributed by atoms with Crippen LogP contribution in [0.5, 0.6) is 0 Å². The van der Waals surface area contributed by atoms with Crippen LogP contribution in [0.25, 0.3) is 0 Å². The zero-order valence-corrected chi connectivity index (χ0v) is 17.6. The van der Waals surface area contributed by atoms with Gasteiger partial charge in [0.25, 0.3) is 0 Å². The second kappa shape index (κ2) is 10.9. The third-order valence-corrected chi connectivity index (χ3v) is 5.96. The molecule has 0 radical (unpaired) electrons. The molecule has 2 fully saturated rings. The van der Waals surface area contributed by atoms with E-state index < -0.39 is 5.41 Å². The number of rotatable bonds is 6. The molecule has 150 valence electrons. The maximum atomic E-state index is 12.7. The lowest BCUT2D eigenvalue weighted by atomic mass is 9.79. The molecule has 2 rings (SSSR count). The summed E-state index contributed by atoms with van der Waals surface area (Å²) in [6.45, 7) is 11.4. The minimum absolute atomic E-state index is 0. The summed E-state index contributed by atoms with van der Waals surface area (Å²) in [6, 6.07) is 0. The third kappa shape index (κ3) is 6.24. The van der Waals surface area contributed by atoms with Crippen LogP contribution in [0, 0.1) is 11.3 Å². The number of carbonyl (C=O) groups is 1. The number of piperidine rings is 1. The fraction of sp³-hybridized carbons (Fsp3) is 0.944. The van der Waals surface area contributed by atoms with Crippen molar-refractivity contribution in [2.24, 2.45) is 17.1 Å². The predicted octanol–water partition coefficient (Wildman–Crippen LogP) is 2.60. The monoisotopic (exact) mass is 397 g/mol. The molecule has 2 aliphatic rings. The number of nitrogens with one attached hydrogen (secondary N) is 1. The van der Waals surface area contributed by atoms with Gasteiger partial charge in [-0.2, -0.15) is 0 Å². The van der Waals surface area contributed by atoms with E-state index in [4.69, 9.17) is 10.5 Å². The summed E-state index contributed by atoms with van der Waals surface area (Å²) in [5, 5.41) is 3.20. The van der Waals surface area contributed by atoms with Crippen molar-refractivity contribution in [2.75, 3.05) is 39.4 Å². The fourth-order valence-corrected chi connectivity index (χ4v) is 3.83. The summed E-state index contributed by atoms with van der Waals surface area (Å²) in [4.78, 5) is 15.3. The number of halogens is 2.